The number of aryl methyl sites for hydroxylation is 1. The van der Waals surface area contributed by atoms with Crippen LogP contribution < -0.4 is 0 Å². The molecule has 1 aromatic carbocycles. The Labute approximate surface area is 118 Å². The number of aldehydes is 1. The molecule has 2 aromatic rings. The Balaban J connectivity index is 2.29. The first-order valence-electron chi connectivity index (χ1n) is 6.49. The Hall–Kier alpha value is -1.61. The normalized spacial score (nSPS) is 10.6. The third-order valence-electron chi connectivity index (χ3n) is 3.13. The summed E-state index contributed by atoms with van der Waals surface area (Å²) in [7, 11) is 0. The van der Waals surface area contributed by atoms with Crippen molar-refractivity contribution in [2.45, 2.75) is 32.7 Å². The third kappa shape index (κ3) is 3.24. The number of rotatable bonds is 6. The Kier molecular flexibility index (Phi) is 4.74. The predicted molar refractivity (Wildman–Crippen MR) is 76.8 cm³/mol. The molecular formula is C15H17ClN2O. The molecule has 0 saturated carbocycles. The fourth-order valence-corrected chi connectivity index (χ4v) is 2.23. The molecule has 0 N–H and O–H groups in total. The minimum Gasteiger partial charge on any atom is -0.321 e. The van der Waals surface area contributed by atoms with Gasteiger partial charge in [0.15, 0.2) is 6.29 Å². The Morgan fingerprint density at radius 1 is 1.37 bits per heavy atom. The van der Waals surface area contributed by atoms with Gasteiger partial charge in [-0.15, -0.1) is 0 Å². The van der Waals surface area contributed by atoms with Gasteiger partial charge in [-0.2, -0.15) is 0 Å². The molecule has 0 fully saturated rings. The van der Waals surface area contributed by atoms with Crippen molar-refractivity contribution in [1.82, 2.24) is 9.55 Å². The molecule has 1 heterocycles. The van der Waals surface area contributed by atoms with Gasteiger partial charge in [0.05, 0.1) is 12.7 Å². The molecule has 3 nitrogen and oxygen atoms in total. The van der Waals surface area contributed by atoms with Gasteiger partial charge in [-0.1, -0.05) is 43.1 Å². The summed E-state index contributed by atoms with van der Waals surface area (Å²) < 4.78 is 1.95. The van der Waals surface area contributed by atoms with Crippen molar-refractivity contribution in [2.75, 3.05) is 0 Å². The van der Waals surface area contributed by atoms with E-state index in [9.17, 15) is 4.79 Å². The van der Waals surface area contributed by atoms with Crippen LogP contribution in [0.4, 0.5) is 0 Å². The summed E-state index contributed by atoms with van der Waals surface area (Å²) in [4.78, 5) is 15.4. The second-order valence-electron chi connectivity index (χ2n) is 4.50. The molecule has 1 aromatic heterocycles. The van der Waals surface area contributed by atoms with Gasteiger partial charge >= 0.3 is 0 Å². The maximum atomic E-state index is 11.1. The van der Waals surface area contributed by atoms with E-state index >= 15 is 0 Å². The van der Waals surface area contributed by atoms with E-state index in [-0.39, 0.29) is 0 Å². The van der Waals surface area contributed by atoms with Crippen LogP contribution in [-0.2, 0) is 13.0 Å². The smallest absolute Gasteiger partial charge is 0.168 e. The molecular weight excluding hydrogens is 260 g/mol. The number of hydrogen-bond donors (Lipinski definition) is 0. The van der Waals surface area contributed by atoms with Crippen LogP contribution in [0.5, 0.6) is 0 Å². The van der Waals surface area contributed by atoms with Crippen molar-refractivity contribution in [3.63, 3.8) is 0 Å². The van der Waals surface area contributed by atoms with E-state index in [4.69, 9.17) is 11.6 Å². The summed E-state index contributed by atoms with van der Waals surface area (Å²) in [5.41, 5.74) is 1.61. The van der Waals surface area contributed by atoms with Gasteiger partial charge in [0.25, 0.3) is 0 Å². The summed E-state index contributed by atoms with van der Waals surface area (Å²) >= 11 is 6.17. The number of carbonyl (C=O) groups is 1. The van der Waals surface area contributed by atoms with E-state index in [1.165, 1.54) is 0 Å². The topological polar surface area (TPSA) is 34.9 Å². The van der Waals surface area contributed by atoms with E-state index in [1.54, 1.807) is 6.20 Å². The fourth-order valence-electron chi connectivity index (χ4n) is 2.04. The first kappa shape index (κ1) is 13.8. The van der Waals surface area contributed by atoms with E-state index in [0.29, 0.717) is 12.2 Å². The molecule has 0 aliphatic rings. The standard InChI is InChI=1S/C15H17ClN2O/c1-2-3-8-15-17-9-13(11-19)18(15)10-12-6-4-5-7-14(12)16/h4-7,9,11H,2-3,8,10H2,1H3. The lowest BCUT2D eigenvalue weighted by Gasteiger charge is -2.10. The molecule has 0 unspecified atom stereocenters. The zero-order valence-corrected chi connectivity index (χ0v) is 11.7. The summed E-state index contributed by atoms with van der Waals surface area (Å²) in [6.45, 7) is 2.73. The highest BCUT2D eigenvalue weighted by molar-refractivity contribution is 6.31. The van der Waals surface area contributed by atoms with Crippen LogP contribution in [0.2, 0.25) is 5.02 Å². The summed E-state index contributed by atoms with van der Waals surface area (Å²) in [5, 5.41) is 0.717. The average molecular weight is 277 g/mol. The number of benzene rings is 1. The molecule has 0 bridgehead atoms. The molecule has 19 heavy (non-hydrogen) atoms. The average Bonchev–Trinajstić information content (AvgIpc) is 2.81. The summed E-state index contributed by atoms with van der Waals surface area (Å²) in [6, 6.07) is 7.68. The van der Waals surface area contributed by atoms with Crippen LogP contribution in [0.1, 0.15) is 41.6 Å². The number of nitrogens with zero attached hydrogens (tertiary/aromatic N) is 2. The molecule has 2 rings (SSSR count). The molecule has 0 aliphatic carbocycles. The van der Waals surface area contributed by atoms with E-state index in [0.717, 1.165) is 42.0 Å². The van der Waals surface area contributed by atoms with Gasteiger partial charge in [-0.05, 0) is 18.1 Å². The number of carbonyl (C=O) groups excluding carboxylic acids is 1. The zero-order chi connectivity index (χ0) is 13.7. The lowest BCUT2D eigenvalue weighted by atomic mass is 10.2. The monoisotopic (exact) mass is 276 g/mol. The fraction of sp³-hybridized carbons (Fsp3) is 0.333. The van der Waals surface area contributed by atoms with Gasteiger partial charge in [-0.25, -0.2) is 4.98 Å². The first-order chi connectivity index (χ1) is 9.26. The van der Waals surface area contributed by atoms with Crippen molar-refractivity contribution in [3.8, 4) is 0 Å². The van der Waals surface area contributed by atoms with Gasteiger partial charge < -0.3 is 4.57 Å². The van der Waals surface area contributed by atoms with Gasteiger partial charge in [0, 0.05) is 11.4 Å². The van der Waals surface area contributed by atoms with Gasteiger partial charge in [0.2, 0.25) is 0 Å². The quantitative estimate of drug-likeness (QED) is 0.754. The van der Waals surface area contributed by atoms with Crippen LogP contribution in [-0.4, -0.2) is 15.8 Å². The Bertz CT molecular complexity index is 563. The molecule has 0 radical (unpaired) electrons. The number of imidazole rings is 1. The maximum absolute atomic E-state index is 11.1. The Morgan fingerprint density at radius 3 is 2.84 bits per heavy atom. The minimum absolute atomic E-state index is 0.590. The summed E-state index contributed by atoms with van der Waals surface area (Å²) in [5.74, 6) is 0.948. The van der Waals surface area contributed by atoms with E-state index in [1.807, 2.05) is 28.8 Å². The van der Waals surface area contributed by atoms with E-state index in [2.05, 4.69) is 11.9 Å². The minimum atomic E-state index is 0.590. The molecule has 0 atom stereocenters. The van der Waals surface area contributed by atoms with Crippen LogP contribution in [0.3, 0.4) is 0 Å². The first-order valence-corrected chi connectivity index (χ1v) is 6.87. The second-order valence-corrected chi connectivity index (χ2v) is 4.91. The second kappa shape index (κ2) is 6.53. The summed E-state index contributed by atoms with van der Waals surface area (Å²) in [6.07, 6.45) is 5.54. The Morgan fingerprint density at radius 2 is 2.16 bits per heavy atom. The highest BCUT2D eigenvalue weighted by Gasteiger charge is 2.10. The van der Waals surface area contributed by atoms with Crippen molar-refractivity contribution < 1.29 is 4.79 Å². The number of halogens is 1. The number of unbranched alkanes of at least 4 members (excludes halogenated alkanes) is 1. The maximum Gasteiger partial charge on any atom is 0.168 e. The number of aromatic nitrogens is 2. The molecule has 0 spiro atoms. The van der Waals surface area contributed by atoms with Crippen molar-refractivity contribution >= 4 is 17.9 Å². The zero-order valence-electron chi connectivity index (χ0n) is 11.0. The molecule has 0 aliphatic heterocycles. The van der Waals surface area contributed by atoms with Gasteiger partial charge in [0.1, 0.15) is 11.5 Å². The van der Waals surface area contributed by atoms with Crippen molar-refractivity contribution in [2.24, 2.45) is 0 Å². The lowest BCUT2D eigenvalue weighted by molar-refractivity contribution is 0.111. The van der Waals surface area contributed by atoms with Gasteiger partial charge in [-0.3, -0.25) is 4.79 Å². The highest BCUT2D eigenvalue weighted by Crippen LogP contribution is 2.18. The van der Waals surface area contributed by atoms with Crippen LogP contribution in [0.25, 0.3) is 0 Å². The molecule has 100 valence electrons. The largest absolute Gasteiger partial charge is 0.321 e. The number of hydrogen-bond acceptors (Lipinski definition) is 2. The highest BCUT2D eigenvalue weighted by atomic mass is 35.5. The van der Waals surface area contributed by atoms with Crippen LogP contribution in [0.15, 0.2) is 30.5 Å². The molecule has 4 heteroatoms. The molecule has 0 amide bonds. The lowest BCUT2D eigenvalue weighted by Crippen LogP contribution is -2.09. The van der Waals surface area contributed by atoms with Crippen LogP contribution in [0, 0.1) is 0 Å². The van der Waals surface area contributed by atoms with E-state index < -0.39 is 0 Å². The van der Waals surface area contributed by atoms with Crippen molar-refractivity contribution in [3.05, 3.63) is 52.6 Å². The SMILES string of the molecule is CCCCc1ncc(C=O)n1Cc1ccccc1Cl. The molecule has 0 saturated heterocycles. The van der Waals surface area contributed by atoms with Crippen molar-refractivity contribution in [1.29, 1.82) is 0 Å². The third-order valence-corrected chi connectivity index (χ3v) is 3.50. The predicted octanol–water partition coefficient (Wildman–Crippen LogP) is 3.74. The van der Waals surface area contributed by atoms with Crippen LogP contribution >= 0.6 is 11.6 Å².